The molecule has 0 saturated heterocycles. The summed E-state index contributed by atoms with van der Waals surface area (Å²) in [6.45, 7) is 16.0. The molecule has 0 spiro atoms. The fraction of sp³-hybridized carbons (Fsp3) is 0.444. The van der Waals surface area contributed by atoms with E-state index in [2.05, 4.69) is 69.9 Å². The van der Waals surface area contributed by atoms with Crippen molar-refractivity contribution in [2.24, 2.45) is 0 Å². The second kappa shape index (κ2) is 8.71. The first-order valence-electron chi connectivity index (χ1n) is 8.05. The van der Waals surface area contributed by atoms with Gasteiger partial charge >= 0.3 is 0 Å². The second-order valence-electron chi connectivity index (χ2n) is 7.15. The highest BCUT2D eigenvalue weighted by molar-refractivity contribution is 8.34. The largest absolute Gasteiger partial charge is 0.129 e. The fourth-order valence-electron chi connectivity index (χ4n) is 1.72. The summed E-state index contributed by atoms with van der Waals surface area (Å²) in [6, 6.07) is 1.11. The summed E-state index contributed by atoms with van der Waals surface area (Å²) in [4.78, 5) is 5.19. The monoisotopic (exact) mass is 424 g/mol. The Morgan fingerprint density at radius 2 is 1.33 bits per heavy atom. The summed E-state index contributed by atoms with van der Waals surface area (Å²) in [5.41, 5.74) is 3.49. The van der Waals surface area contributed by atoms with Gasteiger partial charge in [0.05, 0.1) is 18.3 Å². The lowest BCUT2D eigenvalue weighted by Crippen LogP contribution is -2.16. The van der Waals surface area contributed by atoms with E-state index >= 15 is 0 Å². The highest BCUT2D eigenvalue weighted by Crippen LogP contribution is 2.59. The van der Waals surface area contributed by atoms with Crippen molar-refractivity contribution in [3.05, 3.63) is 28.1 Å². The van der Waals surface area contributed by atoms with Gasteiger partial charge in [0, 0.05) is 24.7 Å². The Labute approximate surface area is 167 Å². The van der Waals surface area contributed by atoms with Gasteiger partial charge in [0.1, 0.15) is 8.07 Å². The van der Waals surface area contributed by atoms with Crippen LogP contribution in [0, 0.1) is 23.3 Å². The zero-order valence-electron chi connectivity index (χ0n) is 15.4. The normalized spacial score (nSPS) is 21.2. The lowest BCUT2D eigenvalue weighted by molar-refractivity contribution is 1.66. The van der Waals surface area contributed by atoms with E-state index in [0.29, 0.717) is 0 Å². The van der Waals surface area contributed by atoms with Gasteiger partial charge in [-0.15, -0.1) is 11.5 Å². The number of thioether (sulfide) groups is 4. The molecule has 0 amide bonds. The first kappa shape index (κ1) is 20.5. The summed E-state index contributed by atoms with van der Waals surface area (Å²) in [5, 5.41) is 0. The Bertz CT molecular complexity index is 744. The molecule has 2 rings (SSSR count). The minimum Gasteiger partial charge on any atom is -0.126 e. The molecular weight excluding hydrogens is 401 g/mol. The van der Waals surface area contributed by atoms with Crippen LogP contribution in [0.4, 0.5) is 0 Å². The molecule has 0 aromatic heterocycles. The Morgan fingerprint density at radius 1 is 0.833 bits per heavy atom. The van der Waals surface area contributed by atoms with Crippen molar-refractivity contribution in [2.45, 2.75) is 52.6 Å². The van der Waals surface area contributed by atoms with Gasteiger partial charge in [-0.3, -0.25) is 0 Å². The smallest absolute Gasteiger partial charge is 0.126 e. The van der Waals surface area contributed by atoms with Crippen LogP contribution < -0.4 is 0 Å². The molecule has 2 aliphatic heterocycles. The number of rotatable bonds is 1. The maximum Gasteiger partial charge on any atom is 0.129 e. The van der Waals surface area contributed by atoms with Crippen LogP contribution in [0.25, 0.3) is 0 Å². The van der Waals surface area contributed by atoms with Crippen molar-refractivity contribution in [3.8, 4) is 23.3 Å². The van der Waals surface area contributed by atoms with Gasteiger partial charge in [0.2, 0.25) is 0 Å². The third-order valence-electron chi connectivity index (χ3n) is 2.95. The molecule has 0 bridgehead atoms. The van der Waals surface area contributed by atoms with Gasteiger partial charge in [-0.05, 0) is 13.8 Å². The van der Waals surface area contributed by atoms with E-state index < -0.39 is 16.9 Å². The van der Waals surface area contributed by atoms with Crippen molar-refractivity contribution in [1.82, 2.24) is 0 Å². The standard InChI is InChI=1S/C18H24S4Si2/c1-13-15(9-8-11-23(3)4)21-17(19-13)18-20-14(2)16(22-18)10-12-24(5,6)7/h23H,11H2,1-7H3/b18-17+. The number of allylic oxidation sites excluding steroid dienone is 4. The lowest BCUT2D eigenvalue weighted by Gasteiger charge is -2.03. The van der Waals surface area contributed by atoms with Crippen LogP contribution >= 0.6 is 47.0 Å². The fourth-order valence-corrected chi connectivity index (χ4v) is 7.96. The summed E-state index contributed by atoms with van der Waals surface area (Å²) in [5.74, 6) is 10.2. The van der Waals surface area contributed by atoms with Crippen molar-refractivity contribution >= 4 is 63.9 Å². The molecule has 24 heavy (non-hydrogen) atoms. The first-order chi connectivity index (χ1) is 11.2. The maximum atomic E-state index is 3.49. The summed E-state index contributed by atoms with van der Waals surface area (Å²) >= 11 is 7.46. The predicted octanol–water partition coefficient (Wildman–Crippen LogP) is 6.91. The summed E-state index contributed by atoms with van der Waals surface area (Å²) in [6.07, 6.45) is 0. The Kier molecular flexibility index (Phi) is 7.43. The molecule has 128 valence electrons. The van der Waals surface area contributed by atoms with Gasteiger partial charge in [-0.1, -0.05) is 91.6 Å². The molecule has 0 aliphatic carbocycles. The van der Waals surface area contributed by atoms with E-state index in [-0.39, 0.29) is 0 Å². The Hall–Kier alpha value is 0.174. The third-order valence-corrected chi connectivity index (χ3v) is 10.4. The quantitative estimate of drug-likeness (QED) is 0.331. The van der Waals surface area contributed by atoms with Crippen LogP contribution in [0.3, 0.4) is 0 Å². The molecule has 0 unspecified atom stereocenters. The average molecular weight is 425 g/mol. The minimum atomic E-state index is -1.32. The molecule has 6 heteroatoms. The van der Waals surface area contributed by atoms with E-state index in [4.69, 9.17) is 0 Å². The molecule has 0 saturated carbocycles. The highest BCUT2D eigenvalue weighted by atomic mass is 32.2. The second-order valence-corrected chi connectivity index (χ2v) is 20.1. The van der Waals surface area contributed by atoms with E-state index in [9.17, 15) is 0 Å². The topological polar surface area (TPSA) is 0 Å². The molecule has 0 radical (unpaired) electrons. The number of hydrogen-bond donors (Lipinski definition) is 0. The van der Waals surface area contributed by atoms with Crippen LogP contribution in [-0.2, 0) is 0 Å². The molecule has 0 atom stereocenters. The number of hydrogen-bond acceptors (Lipinski definition) is 4. The Balaban J connectivity index is 2.09. The van der Waals surface area contributed by atoms with Crippen LogP contribution in [0.2, 0.25) is 38.8 Å². The molecule has 0 nitrogen and oxygen atoms in total. The van der Waals surface area contributed by atoms with Gasteiger partial charge in [-0.25, -0.2) is 0 Å². The molecule has 0 aromatic carbocycles. The van der Waals surface area contributed by atoms with Gasteiger partial charge in [0.15, 0.2) is 0 Å². The third kappa shape index (κ3) is 6.16. The van der Waals surface area contributed by atoms with Crippen LogP contribution in [0.1, 0.15) is 13.8 Å². The molecule has 0 aromatic rings. The molecule has 0 N–H and O–H groups in total. The van der Waals surface area contributed by atoms with Crippen LogP contribution in [0.5, 0.6) is 0 Å². The van der Waals surface area contributed by atoms with Gasteiger partial charge < -0.3 is 0 Å². The van der Waals surface area contributed by atoms with Crippen LogP contribution in [0.15, 0.2) is 28.1 Å². The van der Waals surface area contributed by atoms with Gasteiger partial charge in [-0.2, -0.15) is 0 Å². The molecule has 2 heterocycles. The SMILES string of the molecule is CC1=C(C#CC[SiH](C)C)S/C(=C2\SC(C)=C(C#C[Si](C)(C)C)S2)S1. The van der Waals surface area contributed by atoms with E-state index in [1.54, 1.807) is 0 Å². The lowest BCUT2D eigenvalue weighted by atomic mass is 10.5. The van der Waals surface area contributed by atoms with E-state index in [0.717, 1.165) is 6.04 Å². The van der Waals surface area contributed by atoms with Gasteiger partial charge in [0.25, 0.3) is 0 Å². The van der Waals surface area contributed by atoms with Crippen molar-refractivity contribution in [2.75, 3.05) is 0 Å². The highest BCUT2D eigenvalue weighted by Gasteiger charge is 2.26. The minimum absolute atomic E-state index is 0.579. The average Bonchev–Trinajstić information content (AvgIpc) is 2.99. The molecule has 2 aliphatic rings. The summed E-state index contributed by atoms with van der Waals surface area (Å²) < 4.78 is 2.77. The van der Waals surface area contributed by atoms with Crippen molar-refractivity contribution in [1.29, 1.82) is 0 Å². The zero-order chi connectivity index (χ0) is 17.9. The Morgan fingerprint density at radius 3 is 1.79 bits per heavy atom. The molecule has 0 fully saturated rings. The van der Waals surface area contributed by atoms with Crippen LogP contribution in [-0.4, -0.2) is 16.9 Å². The van der Waals surface area contributed by atoms with E-state index in [1.165, 1.54) is 28.1 Å². The van der Waals surface area contributed by atoms with E-state index in [1.807, 2.05) is 47.0 Å². The first-order valence-corrected chi connectivity index (χ1v) is 17.9. The predicted molar refractivity (Wildman–Crippen MR) is 125 cm³/mol. The summed E-state index contributed by atoms with van der Waals surface area (Å²) in [7, 11) is -1.90. The van der Waals surface area contributed by atoms with Crippen molar-refractivity contribution < 1.29 is 0 Å². The van der Waals surface area contributed by atoms with Crippen molar-refractivity contribution in [3.63, 3.8) is 0 Å². The maximum absolute atomic E-state index is 3.49. The zero-order valence-corrected chi connectivity index (χ0v) is 20.8. The molecular formula is C18H24S4Si2.